The van der Waals surface area contributed by atoms with Gasteiger partial charge < -0.3 is 25.1 Å². The van der Waals surface area contributed by atoms with Crippen molar-refractivity contribution >= 4 is 11.0 Å². The predicted molar refractivity (Wildman–Crippen MR) is 117 cm³/mol. The van der Waals surface area contributed by atoms with E-state index in [-0.39, 0.29) is 36.4 Å². The second kappa shape index (κ2) is 9.46. The monoisotopic (exact) mass is 475 g/mol. The van der Waals surface area contributed by atoms with Crippen molar-refractivity contribution in [1.29, 1.82) is 0 Å². The first-order valence-corrected chi connectivity index (χ1v) is 10.3. The molecule has 1 aromatic heterocycles. The van der Waals surface area contributed by atoms with Gasteiger partial charge in [0.25, 0.3) is 0 Å². The summed E-state index contributed by atoms with van der Waals surface area (Å²) in [7, 11) is 0. The van der Waals surface area contributed by atoms with Crippen LogP contribution in [0.2, 0.25) is 0 Å². The lowest BCUT2D eigenvalue weighted by Crippen LogP contribution is -2.12. The molecule has 0 saturated heterocycles. The molecule has 0 radical (unpaired) electrons. The first kappa shape index (κ1) is 23.7. The molecule has 3 aromatic carbocycles. The van der Waals surface area contributed by atoms with Crippen LogP contribution in [0.4, 0.5) is 17.6 Å². The Kier molecular flexibility index (Phi) is 6.60. The van der Waals surface area contributed by atoms with E-state index in [4.69, 9.17) is 14.9 Å². The van der Waals surface area contributed by atoms with Crippen LogP contribution in [0, 0.1) is 5.82 Å². The summed E-state index contributed by atoms with van der Waals surface area (Å²) < 4.78 is 65.8. The van der Waals surface area contributed by atoms with E-state index < -0.39 is 23.8 Å². The highest BCUT2D eigenvalue weighted by atomic mass is 19.4. The number of nitrogens with two attached hydrogens (primary N) is 1. The third-order valence-electron chi connectivity index (χ3n) is 5.39. The molecule has 4 aromatic rings. The van der Waals surface area contributed by atoms with Gasteiger partial charge in [-0.15, -0.1) is 0 Å². The van der Waals surface area contributed by atoms with E-state index >= 15 is 0 Å². The second-order valence-electron chi connectivity index (χ2n) is 7.76. The average Bonchev–Trinajstić information content (AvgIpc) is 3.26. The molecule has 4 rings (SSSR count). The van der Waals surface area contributed by atoms with Gasteiger partial charge in [-0.05, 0) is 41.5 Å². The van der Waals surface area contributed by atoms with Gasteiger partial charge in [-0.3, -0.25) is 0 Å². The summed E-state index contributed by atoms with van der Waals surface area (Å²) in [5, 5.41) is 19.2. The largest absolute Gasteiger partial charge is 0.489 e. The zero-order valence-corrected chi connectivity index (χ0v) is 17.8. The van der Waals surface area contributed by atoms with Crippen molar-refractivity contribution in [2.24, 2.45) is 5.73 Å². The van der Waals surface area contributed by atoms with Crippen LogP contribution in [0.3, 0.4) is 0 Å². The van der Waals surface area contributed by atoms with Crippen LogP contribution in [0.1, 0.15) is 22.3 Å². The molecule has 0 aliphatic carbocycles. The Hall–Kier alpha value is -3.40. The van der Waals surface area contributed by atoms with Crippen LogP contribution in [0.25, 0.3) is 22.1 Å². The quantitative estimate of drug-likeness (QED) is 0.254. The fourth-order valence-corrected chi connectivity index (χ4v) is 3.76. The number of benzene rings is 3. The molecule has 0 aliphatic heterocycles. The Labute approximate surface area is 192 Å². The number of hydrogen-bond acceptors (Lipinski definition) is 5. The van der Waals surface area contributed by atoms with Crippen molar-refractivity contribution in [2.45, 2.75) is 32.0 Å². The number of rotatable bonds is 7. The molecule has 9 heteroatoms. The summed E-state index contributed by atoms with van der Waals surface area (Å²) in [5.41, 5.74) is 6.94. The van der Waals surface area contributed by atoms with Gasteiger partial charge in [0.2, 0.25) is 0 Å². The zero-order chi connectivity index (χ0) is 24.5. The fraction of sp³-hybridized carbons (Fsp3) is 0.200. The lowest BCUT2D eigenvalue weighted by molar-refractivity contribution is -0.137. The van der Waals surface area contributed by atoms with Gasteiger partial charge in [0, 0.05) is 35.0 Å². The lowest BCUT2D eigenvalue weighted by atomic mass is 9.98. The Morgan fingerprint density at radius 3 is 2.47 bits per heavy atom. The SMILES string of the molecule is NCc1cccc(-c2cc(COc3cc(C(F)(F)F)ccc3CC(O)O)cc3ccoc23)c1F. The molecular formula is C25H21F4NO4. The molecule has 178 valence electrons. The third kappa shape index (κ3) is 4.91. The molecular weight excluding hydrogens is 454 g/mol. The molecule has 0 fully saturated rings. The maximum atomic E-state index is 15.0. The van der Waals surface area contributed by atoms with Crippen molar-refractivity contribution in [1.82, 2.24) is 0 Å². The van der Waals surface area contributed by atoms with E-state index in [1.54, 1.807) is 36.4 Å². The summed E-state index contributed by atoms with van der Waals surface area (Å²) in [5.74, 6) is -0.619. The number of alkyl halides is 3. The number of aliphatic hydroxyl groups excluding tert-OH is 1. The van der Waals surface area contributed by atoms with Crippen molar-refractivity contribution in [3.05, 3.63) is 88.9 Å². The van der Waals surface area contributed by atoms with E-state index in [0.29, 0.717) is 27.7 Å². The minimum Gasteiger partial charge on any atom is -0.489 e. The number of ether oxygens (including phenoxy) is 1. The second-order valence-corrected chi connectivity index (χ2v) is 7.76. The first-order chi connectivity index (χ1) is 16.2. The smallest absolute Gasteiger partial charge is 0.416 e. The summed E-state index contributed by atoms with van der Waals surface area (Å²) in [6, 6.07) is 12.7. The molecule has 34 heavy (non-hydrogen) atoms. The average molecular weight is 475 g/mol. The molecule has 0 amide bonds. The van der Waals surface area contributed by atoms with Gasteiger partial charge in [0.05, 0.1) is 11.8 Å². The Balaban J connectivity index is 1.72. The summed E-state index contributed by atoms with van der Waals surface area (Å²) >= 11 is 0. The number of hydrogen-bond donors (Lipinski definition) is 3. The normalized spacial score (nSPS) is 12.0. The highest BCUT2D eigenvalue weighted by molar-refractivity contribution is 5.93. The molecule has 4 N–H and O–H groups in total. The van der Waals surface area contributed by atoms with Crippen molar-refractivity contribution < 1.29 is 36.9 Å². The van der Waals surface area contributed by atoms with E-state index in [0.717, 1.165) is 18.2 Å². The standard InChI is InChI=1S/C25H21F4NO4/c26-23-17(12-30)2-1-3-19(23)20-9-14(8-16-6-7-33-24(16)20)13-34-21-11-18(25(27,28)29)5-4-15(21)10-22(31)32/h1-9,11,22,31-32H,10,12-13,30H2. The van der Waals surface area contributed by atoms with Crippen molar-refractivity contribution in [2.75, 3.05) is 0 Å². The number of aliphatic hydroxyl groups is 2. The van der Waals surface area contributed by atoms with Crippen molar-refractivity contribution in [3.8, 4) is 16.9 Å². The summed E-state index contributed by atoms with van der Waals surface area (Å²) in [6.45, 7) is -0.138. The zero-order valence-electron chi connectivity index (χ0n) is 17.8. The van der Waals surface area contributed by atoms with Gasteiger partial charge in [-0.2, -0.15) is 13.2 Å². The van der Waals surface area contributed by atoms with E-state index in [1.807, 2.05) is 0 Å². The minimum absolute atomic E-state index is 0.0127. The highest BCUT2D eigenvalue weighted by Crippen LogP contribution is 2.36. The molecule has 0 unspecified atom stereocenters. The molecule has 0 spiro atoms. The van der Waals surface area contributed by atoms with Crippen LogP contribution >= 0.6 is 0 Å². The van der Waals surface area contributed by atoms with Crippen LogP contribution in [0.15, 0.2) is 65.3 Å². The highest BCUT2D eigenvalue weighted by Gasteiger charge is 2.31. The molecule has 5 nitrogen and oxygen atoms in total. The Bertz CT molecular complexity index is 1310. The molecule has 1 heterocycles. The predicted octanol–water partition coefficient (Wildman–Crippen LogP) is 5.15. The van der Waals surface area contributed by atoms with Crippen LogP contribution in [0.5, 0.6) is 5.75 Å². The number of halogens is 4. The minimum atomic E-state index is -4.59. The maximum Gasteiger partial charge on any atom is 0.416 e. The van der Waals surface area contributed by atoms with Gasteiger partial charge in [-0.25, -0.2) is 4.39 Å². The molecule has 0 aliphatic rings. The molecule has 0 saturated carbocycles. The van der Waals surface area contributed by atoms with Crippen molar-refractivity contribution in [3.63, 3.8) is 0 Å². The topological polar surface area (TPSA) is 88.9 Å². The maximum absolute atomic E-state index is 15.0. The first-order valence-electron chi connectivity index (χ1n) is 10.3. The van der Waals surface area contributed by atoms with E-state index in [9.17, 15) is 27.8 Å². The van der Waals surface area contributed by atoms with Crippen LogP contribution in [-0.4, -0.2) is 16.5 Å². The lowest BCUT2D eigenvalue weighted by Gasteiger charge is -2.16. The van der Waals surface area contributed by atoms with E-state index in [1.165, 1.54) is 6.26 Å². The van der Waals surface area contributed by atoms with Crippen LogP contribution < -0.4 is 10.5 Å². The van der Waals surface area contributed by atoms with E-state index in [2.05, 4.69) is 0 Å². The van der Waals surface area contributed by atoms with Crippen LogP contribution in [-0.2, 0) is 25.7 Å². The Morgan fingerprint density at radius 2 is 1.76 bits per heavy atom. The Morgan fingerprint density at radius 1 is 0.971 bits per heavy atom. The molecule has 0 bridgehead atoms. The number of fused-ring (bicyclic) bond motifs is 1. The summed E-state index contributed by atoms with van der Waals surface area (Å²) in [4.78, 5) is 0. The fourth-order valence-electron chi connectivity index (χ4n) is 3.76. The number of furan rings is 1. The van der Waals surface area contributed by atoms with Gasteiger partial charge in [0.1, 0.15) is 23.8 Å². The summed E-state index contributed by atoms with van der Waals surface area (Å²) in [6.07, 6.45) is -5.21. The van der Waals surface area contributed by atoms with Gasteiger partial charge in [-0.1, -0.05) is 24.3 Å². The third-order valence-corrected chi connectivity index (χ3v) is 5.39. The molecule has 0 atom stereocenters. The van der Waals surface area contributed by atoms with Gasteiger partial charge in [0.15, 0.2) is 6.29 Å². The van der Waals surface area contributed by atoms with Gasteiger partial charge >= 0.3 is 6.18 Å².